The fourth-order valence-corrected chi connectivity index (χ4v) is 2.29. The van der Waals surface area contributed by atoms with Gasteiger partial charge >= 0.3 is 0 Å². The highest BCUT2D eigenvalue weighted by Gasteiger charge is 2.13. The lowest BCUT2D eigenvalue weighted by molar-refractivity contribution is 0.104. The van der Waals surface area contributed by atoms with E-state index in [0.717, 1.165) is 5.69 Å². The molecule has 0 saturated heterocycles. The lowest BCUT2D eigenvalue weighted by atomic mass is 10.1. The summed E-state index contributed by atoms with van der Waals surface area (Å²) in [5, 5.41) is 0. The molecular weight excluding hydrogens is 230 g/mol. The summed E-state index contributed by atoms with van der Waals surface area (Å²) in [4.78, 5) is 16.7. The Balaban J connectivity index is 2.41. The number of pyridine rings is 1. The third kappa shape index (κ3) is 2.08. The number of halogens is 1. The first-order valence-electron chi connectivity index (χ1n) is 4.40. The Kier molecular flexibility index (Phi) is 2.84. The molecule has 0 fully saturated rings. The Hall–Kier alpha value is -1.19. The summed E-state index contributed by atoms with van der Waals surface area (Å²) in [7, 11) is 0. The molecule has 0 radical (unpaired) electrons. The monoisotopic (exact) mass is 237 g/mol. The van der Waals surface area contributed by atoms with E-state index in [9.17, 15) is 4.79 Å². The van der Waals surface area contributed by atoms with Gasteiger partial charge in [0.1, 0.15) is 0 Å². The molecule has 2 nitrogen and oxygen atoms in total. The summed E-state index contributed by atoms with van der Waals surface area (Å²) >= 11 is 7.07. The SMILES string of the molecule is Cc1ncccc1C(=O)c1ccc(Cl)s1. The molecule has 2 rings (SSSR count). The Bertz CT molecular complexity index is 507. The molecule has 2 aromatic rings. The maximum atomic E-state index is 12.0. The van der Waals surface area contributed by atoms with E-state index in [2.05, 4.69) is 4.98 Å². The minimum absolute atomic E-state index is 0.0162. The second kappa shape index (κ2) is 4.13. The van der Waals surface area contributed by atoms with E-state index in [4.69, 9.17) is 11.6 Å². The number of hydrogen-bond acceptors (Lipinski definition) is 3. The highest BCUT2D eigenvalue weighted by molar-refractivity contribution is 7.18. The number of hydrogen-bond donors (Lipinski definition) is 0. The van der Waals surface area contributed by atoms with Gasteiger partial charge in [0.25, 0.3) is 0 Å². The van der Waals surface area contributed by atoms with Gasteiger partial charge < -0.3 is 0 Å². The number of carbonyl (C=O) groups is 1. The van der Waals surface area contributed by atoms with Crippen molar-refractivity contribution in [2.75, 3.05) is 0 Å². The van der Waals surface area contributed by atoms with Crippen molar-refractivity contribution >= 4 is 28.7 Å². The van der Waals surface area contributed by atoms with Gasteiger partial charge in [0, 0.05) is 17.5 Å². The zero-order valence-electron chi connectivity index (χ0n) is 8.03. The van der Waals surface area contributed by atoms with Crippen molar-refractivity contribution in [1.29, 1.82) is 0 Å². The second-order valence-electron chi connectivity index (χ2n) is 3.07. The average molecular weight is 238 g/mol. The molecular formula is C11H8ClNOS. The fraction of sp³-hybridized carbons (Fsp3) is 0.0909. The maximum absolute atomic E-state index is 12.0. The molecule has 15 heavy (non-hydrogen) atoms. The number of aromatic nitrogens is 1. The van der Waals surface area contributed by atoms with Crippen LogP contribution >= 0.6 is 22.9 Å². The van der Waals surface area contributed by atoms with Crippen LogP contribution in [0.15, 0.2) is 30.5 Å². The molecule has 0 aliphatic heterocycles. The largest absolute Gasteiger partial charge is 0.288 e. The number of rotatable bonds is 2. The van der Waals surface area contributed by atoms with Crippen LogP contribution in [-0.4, -0.2) is 10.8 Å². The molecule has 0 saturated carbocycles. The van der Waals surface area contributed by atoms with Gasteiger partial charge in [-0.3, -0.25) is 9.78 Å². The van der Waals surface area contributed by atoms with Crippen molar-refractivity contribution in [3.8, 4) is 0 Å². The van der Waals surface area contributed by atoms with Crippen LogP contribution in [0.5, 0.6) is 0 Å². The molecule has 0 spiro atoms. The van der Waals surface area contributed by atoms with Crippen molar-refractivity contribution in [3.63, 3.8) is 0 Å². The lowest BCUT2D eigenvalue weighted by Crippen LogP contribution is -2.02. The summed E-state index contributed by atoms with van der Waals surface area (Å²) in [6, 6.07) is 7.00. The van der Waals surface area contributed by atoms with Crippen LogP contribution in [0.3, 0.4) is 0 Å². The predicted molar refractivity (Wildman–Crippen MR) is 61.7 cm³/mol. The summed E-state index contributed by atoms with van der Waals surface area (Å²) < 4.78 is 0.625. The first-order chi connectivity index (χ1) is 7.18. The van der Waals surface area contributed by atoms with Crippen molar-refractivity contribution < 1.29 is 4.79 Å². The van der Waals surface area contributed by atoms with Crippen LogP contribution < -0.4 is 0 Å². The topological polar surface area (TPSA) is 30.0 Å². The number of nitrogens with zero attached hydrogens (tertiary/aromatic N) is 1. The molecule has 0 unspecified atom stereocenters. The number of aryl methyl sites for hydroxylation is 1. The van der Waals surface area contributed by atoms with Gasteiger partial charge in [-0.15, -0.1) is 11.3 Å². The van der Waals surface area contributed by atoms with E-state index in [-0.39, 0.29) is 5.78 Å². The van der Waals surface area contributed by atoms with Gasteiger partial charge in [0.2, 0.25) is 5.78 Å². The van der Waals surface area contributed by atoms with Crippen molar-refractivity contribution in [2.45, 2.75) is 6.92 Å². The molecule has 0 aliphatic rings. The molecule has 0 bridgehead atoms. The van der Waals surface area contributed by atoms with Crippen molar-refractivity contribution in [3.05, 3.63) is 50.9 Å². The van der Waals surface area contributed by atoms with Crippen LogP contribution in [0.4, 0.5) is 0 Å². The zero-order valence-corrected chi connectivity index (χ0v) is 9.60. The summed E-state index contributed by atoms with van der Waals surface area (Å²) in [6.45, 7) is 1.82. The van der Waals surface area contributed by atoms with E-state index in [1.54, 1.807) is 30.5 Å². The third-order valence-electron chi connectivity index (χ3n) is 2.05. The predicted octanol–water partition coefficient (Wildman–Crippen LogP) is 3.34. The molecule has 0 amide bonds. The Morgan fingerprint density at radius 2 is 2.20 bits per heavy atom. The van der Waals surface area contributed by atoms with Gasteiger partial charge in [-0.25, -0.2) is 0 Å². The first-order valence-corrected chi connectivity index (χ1v) is 5.59. The van der Waals surface area contributed by atoms with E-state index < -0.39 is 0 Å². The van der Waals surface area contributed by atoms with Gasteiger partial charge in [-0.05, 0) is 31.2 Å². The standard InChI is InChI=1S/C11H8ClNOS/c1-7-8(3-2-6-13-7)11(14)9-4-5-10(12)15-9/h2-6H,1H3. The van der Waals surface area contributed by atoms with Gasteiger partial charge in [0.05, 0.1) is 9.21 Å². The molecule has 4 heteroatoms. The molecule has 0 aliphatic carbocycles. The average Bonchev–Trinajstić information content (AvgIpc) is 2.65. The number of ketones is 1. The van der Waals surface area contributed by atoms with Gasteiger partial charge in [0.15, 0.2) is 0 Å². The minimum Gasteiger partial charge on any atom is -0.288 e. The van der Waals surface area contributed by atoms with Crippen LogP contribution in [0.1, 0.15) is 20.9 Å². The van der Waals surface area contributed by atoms with E-state index in [1.165, 1.54) is 11.3 Å². The normalized spacial score (nSPS) is 10.3. The third-order valence-corrected chi connectivity index (χ3v) is 3.28. The van der Waals surface area contributed by atoms with Gasteiger partial charge in [-0.1, -0.05) is 11.6 Å². The molecule has 0 N–H and O–H groups in total. The lowest BCUT2D eigenvalue weighted by Gasteiger charge is -2.00. The second-order valence-corrected chi connectivity index (χ2v) is 4.78. The molecule has 76 valence electrons. The van der Waals surface area contributed by atoms with E-state index in [1.807, 2.05) is 6.92 Å². The van der Waals surface area contributed by atoms with Crippen molar-refractivity contribution in [2.24, 2.45) is 0 Å². The number of thiophene rings is 1. The highest BCUT2D eigenvalue weighted by Crippen LogP contribution is 2.24. The van der Waals surface area contributed by atoms with Crippen LogP contribution in [0.2, 0.25) is 4.34 Å². The van der Waals surface area contributed by atoms with E-state index in [0.29, 0.717) is 14.8 Å². The van der Waals surface area contributed by atoms with Crippen LogP contribution in [0, 0.1) is 6.92 Å². The molecule has 0 aromatic carbocycles. The Labute approximate surface area is 96.5 Å². The van der Waals surface area contributed by atoms with Gasteiger partial charge in [-0.2, -0.15) is 0 Å². The zero-order chi connectivity index (χ0) is 10.8. The van der Waals surface area contributed by atoms with Crippen molar-refractivity contribution in [1.82, 2.24) is 4.98 Å². The summed E-state index contributed by atoms with van der Waals surface area (Å²) in [6.07, 6.45) is 1.67. The fourth-order valence-electron chi connectivity index (χ4n) is 1.29. The maximum Gasteiger partial charge on any atom is 0.204 e. The smallest absolute Gasteiger partial charge is 0.204 e. The summed E-state index contributed by atoms with van der Waals surface area (Å²) in [5.74, 6) is -0.0162. The molecule has 2 heterocycles. The quantitative estimate of drug-likeness (QED) is 0.750. The minimum atomic E-state index is -0.0162. The Morgan fingerprint density at radius 3 is 2.80 bits per heavy atom. The molecule has 2 aromatic heterocycles. The highest BCUT2D eigenvalue weighted by atomic mass is 35.5. The van der Waals surface area contributed by atoms with E-state index >= 15 is 0 Å². The first kappa shape index (κ1) is 10.3. The summed E-state index contributed by atoms with van der Waals surface area (Å²) in [5.41, 5.74) is 1.38. The molecule has 0 atom stereocenters. The Morgan fingerprint density at radius 1 is 1.40 bits per heavy atom. The number of carbonyl (C=O) groups excluding carboxylic acids is 1. The van der Waals surface area contributed by atoms with Crippen LogP contribution in [0.25, 0.3) is 0 Å². The van der Waals surface area contributed by atoms with Crippen LogP contribution in [-0.2, 0) is 0 Å².